The van der Waals surface area contributed by atoms with E-state index < -0.39 is 10.0 Å². The molecule has 178 valence electrons. The molecule has 0 aliphatic heterocycles. The van der Waals surface area contributed by atoms with Crippen LogP contribution in [0.1, 0.15) is 20.3 Å². The second-order valence-corrected chi connectivity index (χ2v) is 11.2. The number of benzene rings is 3. The summed E-state index contributed by atoms with van der Waals surface area (Å²) in [6, 6.07) is 21.8. The van der Waals surface area contributed by atoms with Crippen molar-refractivity contribution in [3.8, 4) is 5.82 Å². The molecule has 2 heterocycles. The van der Waals surface area contributed by atoms with Crippen LogP contribution in [0.2, 0.25) is 0 Å². The molecule has 0 spiro atoms. The van der Waals surface area contributed by atoms with E-state index in [1.54, 1.807) is 18.2 Å². The molecule has 0 bridgehead atoms. The smallest absolute Gasteiger partial charge is 0.251 e. The summed E-state index contributed by atoms with van der Waals surface area (Å²) in [5.74, 6) is 0.957. The normalized spacial score (nSPS) is 12.0. The van der Waals surface area contributed by atoms with Crippen molar-refractivity contribution >= 4 is 53.8 Å². The minimum absolute atomic E-state index is 0.0448. The van der Waals surface area contributed by atoms with Gasteiger partial charge in [0.1, 0.15) is 0 Å². The fourth-order valence-corrected chi connectivity index (χ4v) is 5.10. The van der Waals surface area contributed by atoms with Crippen LogP contribution in [0, 0.1) is 5.92 Å². The van der Waals surface area contributed by atoms with E-state index in [1.807, 2.05) is 47.3 Å². The van der Waals surface area contributed by atoms with Gasteiger partial charge in [0.15, 0.2) is 11.0 Å². The highest BCUT2D eigenvalue weighted by Gasteiger charge is 2.21. The lowest BCUT2D eigenvalue weighted by atomic mass is 10.1. The zero-order chi connectivity index (χ0) is 24.6. The summed E-state index contributed by atoms with van der Waals surface area (Å²) in [4.78, 5) is 9.53. The monoisotopic (exact) mass is 549 g/mol. The predicted octanol–water partition coefficient (Wildman–Crippen LogP) is 6.06. The quantitative estimate of drug-likeness (QED) is 0.231. The number of nitrogens with zero attached hydrogens (tertiary/aromatic N) is 5. The van der Waals surface area contributed by atoms with Crippen molar-refractivity contribution in [1.82, 2.24) is 14.5 Å². The van der Waals surface area contributed by atoms with Gasteiger partial charge >= 0.3 is 0 Å². The average Bonchev–Trinajstić information content (AvgIpc) is 3.21. The fraction of sp³-hybridized carbons (Fsp3) is 0.192. The van der Waals surface area contributed by atoms with Gasteiger partial charge in [-0.3, -0.25) is 0 Å². The third kappa shape index (κ3) is 4.78. The molecule has 35 heavy (non-hydrogen) atoms. The highest BCUT2D eigenvalue weighted by molar-refractivity contribution is 9.10. The zero-order valence-electron chi connectivity index (χ0n) is 19.3. The molecule has 7 nitrogen and oxygen atoms in total. The number of para-hydroxylation sites is 4. The lowest BCUT2D eigenvalue weighted by molar-refractivity contribution is -0.673. The molecule has 0 N–H and O–H groups in total. The summed E-state index contributed by atoms with van der Waals surface area (Å²) in [5.41, 5.74) is 3.17. The first-order valence-corrected chi connectivity index (χ1v) is 13.6. The third-order valence-electron chi connectivity index (χ3n) is 5.73. The largest absolute Gasteiger partial charge is 0.429 e. The predicted molar refractivity (Wildman–Crippen MR) is 140 cm³/mol. The van der Waals surface area contributed by atoms with E-state index in [0.717, 1.165) is 28.5 Å². The number of fused-ring (bicyclic) bond motifs is 2. The van der Waals surface area contributed by atoms with Crippen LogP contribution >= 0.6 is 15.9 Å². The van der Waals surface area contributed by atoms with Gasteiger partial charge in [-0.05, 0) is 60.3 Å². The number of sulfonamides is 1. The van der Waals surface area contributed by atoms with Crippen molar-refractivity contribution < 1.29 is 13.0 Å². The van der Waals surface area contributed by atoms with Gasteiger partial charge in [-0.1, -0.05) is 60.1 Å². The molecule has 0 amide bonds. The summed E-state index contributed by atoms with van der Waals surface area (Å²) in [5, 5.41) is 0. The topological polar surface area (TPSA) is 82.8 Å². The minimum Gasteiger partial charge on any atom is -0.429 e. The molecule has 0 saturated heterocycles. The molecule has 0 unspecified atom stereocenters. The van der Waals surface area contributed by atoms with Crippen LogP contribution in [0.15, 0.2) is 88.5 Å². The maximum absolute atomic E-state index is 13.2. The first-order chi connectivity index (χ1) is 16.8. The Morgan fingerprint density at radius 2 is 1.60 bits per heavy atom. The summed E-state index contributed by atoms with van der Waals surface area (Å²) in [6.45, 7) is 5.22. The van der Waals surface area contributed by atoms with E-state index in [0.29, 0.717) is 22.8 Å². The molecule has 0 radical (unpaired) electrons. The molecule has 5 aromatic rings. The first kappa shape index (κ1) is 23.4. The Morgan fingerprint density at radius 1 is 0.943 bits per heavy atom. The lowest BCUT2D eigenvalue weighted by Crippen LogP contribution is -2.32. The van der Waals surface area contributed by atoms with Crippen molar-refractivity contribution in [1.29, 1.82) is 0 Å². The number of hydrogen-bond acceptors (Lipinski definition) is 4. The van der Waals surface area contributed by atoms with E-state index in [4.69, 9.17) is 4.98 Å². The molecule has 0 fully saturated rings. The molecule has 0 aliphatic carbocycles. The Balaban J connectivity index is 1.69. The number of halogens is 1. The Hall–Kier alpha value is -3.30. The van der Waals surface area contributed by atoms with Gasteiger partial charge in [-0.2, -0.15) is 4.57 Å². The molecule has 5 rings (SSSR count). The van der Waals surface area contributed by atoms with Gasteiger partial charge in [0, 0.05) is 10.3 Å². The standard InChI is InChI=1S/C26H24BrN5O2S/c1-18(2)15-16-31-17-32(24-10-6-5-9-23(24)31)26-25(28-21-7-3-4-8-22(21)29-26)30-35(33,34)20-13-11-19(27)12-14-20/h3-14,17-18H,15-16H2,1-2H3. The molecule has 2 aromatic heterocycles. The van der Waals surface area contributed by atoms with Gasteiger partial charge in [0.2, 0.25) is 15.8 Å². The Morgan fingerprint density at radius 3 is 2.31 bits per heavy atom. The first-order valence-electron chi connectivity index (χ1n) is 11.3. The van der Waals surface area contributed by atoms with E-state index >= 15 is 0 Å². The Kier molecular flexibility index (Phi) is 6.29. The summed E-state index contributed by atoms with van der Waals surface area (Å²) < 4.78 is 35.4. The number of hydrogen-bond donors (Lipinski definition) is 0. The van der Waals surface area contributed by atoms with E-state index in [2.05, 4.69) is 50.1 Å². The van der Waals surface area contributed by atoms with Crippen LogP contribution in [-0.2, 0) is 16.6 Å². The van der Waals surface area contributed by atoms with E-state index in [-0.39, 0.29) is 10.7 Å². The second-order valence-electron chi connectivity index (χ2n) is 8.73. The van der Waals surface area contributed by atoms with Crippen LogP contribution in [0.3, 0.4) is 0 Å². The van der Waals surface area contributed by atoms with Crippen LogP contribution in [-0.4, -0.2) is 23.0 Å². The van der Waals surface area contributed by atoms with Crippen LogP contribution in [0.25, 0.3) is 32.6 Å². The molecule has 0 saturated carbocycles. The molecule has 9 heteroatoms. The third-order valence-corrected chi connectivity index (χ3v) is 7.54. The zero-order valence-corrected chi connectivity index (χ0v) is 21.7. The Labute approximate surface area is 212 Å². The highest BCUT2D eigenvalue weighted by atomic mass is 79.9. The molecule has 3 aromatic carbocycles. The molecule has 0 aliphatic rings. The summed E-state index contributed by atoms with van der Waals surface area (Å²) >= 11 is 3.34. The number of imidazole rings is 1. The van der Waals surface area contributed by atoms with Gasteiger partial charge in [0.25, 0.3) is 6.33 Å². The lowest BCUT2D eigenvalue weighted by Gasteiger charge is -2.18. The maximum Gasteiger partial charge on any atom is 0.251 e. The fourth-order valence-electron chi connectivity index (χ4n) is 3.90. The molecular weight excluding hydrogens is 526 g/mol. The number of rotatable bonds is 7. The maximum atomic E-state index is 13.2. The minimum atomic E-state index is -4.02. The summed E-state index contributed by atoms with van der Waals surface area (Å²) in [7, 11) is -4.02. The molecule has 0 atom stereocenters. The molecular formula is C26H24BrN5O2S. The average molecular weight is 550 g/mol. The van der Waals surface area contributed by atoms with Crippen molar-refractivity contribution in [2.75, 3.05) is 0 Å². The number of aromatic nitrogens is 4. The van der Waals surface area contributed by atoms with Gasteiger partial charge < -0.3 is 9.71 Å². The van der Waals surface area contributed by atoms with Gasteiger partial charge in [-0.25, -0.2) is 18.0 Å². The second kappa shape index (κ2) is 9.39. The van der Waals surface area contributed by atoms with Crippen molar-refractivity contribution in [2.45, 2.75) is 31.7 Å². The van der Waals surface area contributed by atoms with Crippen molar-refractivity contribution in [3.05, 3.63) is 88.3 Å². The van der Waals surface area contributed by atoms with Crippen LogP contribution in [0.5, 0.6) is 0 Å². The Bertz CT molecular complexity index is 1630. The van der Waals surface area contributed by atoms with Crippen molar-refractivity contribution in [2.24, 2.45) is 5.92 Å². The van der Waals surface area contributed by atoms with E-state index in [9.17, 15) is 8.42 Å². The van der Waals surface area contributed by atoms with Gasteiger partial charge in [-0.15, -0.1) is 0 Å². The highest BCUT2D eigenvalue weighted by Crippen LogP contribution is 2.33. The summed E-state index contributed by atoms with van der Waals surface area (Å²) in [6.07, 6.45) is 2.97. The van der Waals surface area contributed by atoms with E-state index in [1.165, 1.54) is 12.1 Å². The number of aryl methyl sites for hydroxylation is 1. The van der Waals surface area contributed by atoms with Gasteiger partial charge in [0.05, 0.1) is 17.0 Å². The SMILES string of the molecule is CC(C)CC[n+]1cn(-c2nc3ccccc3nc2[N-]S(=O)(=O)c2ccc(Br)cc2)c2ccccc21. The van der Waals surface area contributed by atoms with Crippen LogP contribution in [0.4, 0.5) is 5.82 Å². The van der Waals surface area contributed by atoms with Crippen LogP contribution < -0.4 is 4.57 Å². The van der Waals surface area contributed by atoms with Crippen molar-refractivity contribution in [3.63, 3.8) is 0 Å².